The summed E-state index contributed by atoms with van der Waals surface area (Å²) in [4.78, 5) is 35.1. The molecule has 3 aromatic carbocycles. The lowest BCUT2D eigenvalue weighted by molar-refractivity contribution is -0.117. The minimum absolute atomic E-state index is 0.00521. The van der Waals surface area contributed by atoms with E-state index in [0.717, 1.165) is 16.3 Å². The predicted octanol–water partition coefficient (Wildman–Crippen LogP) is 5.74. The second-order valence-electron chi connectivity index (χ2n) is 6.96. The van der Waals surface area contributed by atoms with Crippen LogP contribution in [-0.4, -0.2) is 21.7 Å². The predicted molar refractivity (Wildman–Crippen MR) is 123 cm³/mol. The highest BCUT2D eigenvalue weighted by Gasteiger charge is 2.22. The molecule has 7 heteroatoms. The molecule has 0 radical (unpaired) electrons. The molecule has 4 aromatic rings. The summed E-state index contributed by atoms with van der Waals surface area (Å²) < 4.78 is 0. The van der Waals surface area contributed by atoms with Gasteiger partial charge < -0.3 is 4.90 Å². The number of amides is 1. The maximum absolute atomic E-state index is 13.2. The van der Waals surface area contributed by atoms with E-state index in [2.05, 4.69) is 9.97 Å². The molecule has 0 fully saturated rings. The van der Waals surface area contributed by atoms with Gasteiger partial charge in [-0.3, -0.25) is 9.59 Å². The van der Waals surface area contributed by atoms with Gasteiger partial charge in [-0.2, -0.15) is 0 Å². The van der Waals surface area contributed by atoms with Crippen molar-refractivity contribution in [1.29, 1.82) is 0 Å². The number of fused-ring (bicyclic) bond motifs is 1. The fourth-order valence-electron chi connectivity index (χ4n) is 3.29. The van der Waals surface area contributed by atoms with Crippen molar-refractivity contribution in [1.82, 2.24) is 9.97 Å². The van der Waals surface area contributed by atoms with E-state index in [-0.39, 0.29) is 18.8 Å². The van der Waals surface area contributed by atoms with E-state index in [1.54, 1.807) is 24.3 Å². The molecular formula is C24H17Cl2N3O2. The van der Waals surface area contributed by atoms with Crippen molar-refractivity contribution in [3.63, 3.8) is 0 Å². The Labute approximate surface area is 189 Å². The Morgan fingerprint density at radius 2 is 1.48 bits per heavy atom. The van der Waals surface area contributed by atoms with Crippen LogP contribution in [-0.2, 0) is 11.3 Å². The van der Waals surface area contributed by atoms with Gasteiger partial charge in [-0.15, -0.1) is 0 Å². The van der Waals surface area contributed by atoms with Crippen LogP contribution in [0.25, 0.3) is 10.8 Å². The van der Waals surface area contributed by atoms with E-state index in [4.69, 9.17) is 23.2 Å². The van der Waals surface area contributed by atoms with Crippen molar-refractivity contribution in [2.75, 3.05) is 4.90 Å². The van der Waals surface area contributed by atoms with Crippen LogP contribution in [0, 0.1) is 0 Å². The molecule has 0 aliphatic carbocycles. The third kappa shape index (κ3) is 5.08. The molecule has 4 rings (SSSR count). The van der Waals surface area contributed by atoms with E-state index in [0.29, 0.717) is 15.7 Å². The molecule has 0 aliphatic heterocycles. The summed E-state index contributed by atoms with van der Waals surface area (Å²) >= 11 is 12.3. The van der Waals surface area contributed by atoms with Gasteiger partial charge in [0.25, 0.3) is 0 Å². The van der Waals surface area contributed by atoms with Crippen LogP contribution in [0.2, 0.25) is 10.0 Å². The van der Waals surface area contributed by atoms with Gasteiger partial charge in [0.1, 0.15) is 0 Å². The zero-order valence-electron chi connectivity index (χ0n) is 16.3. The number of halogens is 2. The standard InChI is InChI=1S/C24H17Cl2N3O2/c25-19-11-20(26)13-21(12-19)29(23(31)14-22(30)24-27-8-3-9-28-24)15-16-6-7-17-4-1-2-5-18(17)10-16/h1-13H,14-15H2. The topological polar surface area (TPSA) is 63.2 Å². The van der Waals surface area contributed by atoms with Crippen LogP contribution in [0.15, 0.2) is 79.1 Å². The van der Waals surface area contributed by atoms with Crippen LogP contribution in [0.4, 0.5) is 5.69 Å². The number of carbonyl (C=O) groups is 2. The molecule has 1 amide bonds. The number of nitrogens with zero attached hydrogens (tertiary/aromatic N) is 3. The number of Topliss-reactive ketones (excluding diaryl/α,β-unsaturated/α-hetero) is 1. The van der Waals surface area contributed by atoms with Gasteiger partial charge in [-0.1, -0.05) is 59.6 Å². The summed E-state index contributed by atoms with van der Waals surface area (Å²) in [6.07, 6.45) is 2.56. The number of hydrogen-bond acceptors (Lipinski definition) is 4. The average Bonchev–Trinajstić information content (AvgIpc) is 2.77. The number of benzene rings is 3. The lowest BCUT2D eigenvalue weighted by Gasteiger charge is -2.23. The smallest absolute Gasteiger partial charge is 0.235 e. The average molecular weight is 450 g/mol. The first-order chi connectivity index (χ1) is 15.0. The fourth-order valence-corrected chi connectivity index (χ4v) is 3.81. The summed E-state index contributed by atoms with van der Waals surface area (Å²) in [6.45, 7) is 0.253. The number of hydrogen-bond donors (Lipinski definition) is 0. The minimum Gasteiger partial charge on any atom is -0.308 e. The molecular weight excluding hydrogens is 433 g/mol. The summed E-state index contributed by atoms with van der Waals surface area (Å²) in [7, 11) is 0. The van der Waals surface area contributed by atoms with Crippen molar-refractivity contribution < 1.29 is 9.59 Å². The maximum Gasteiger partial charge on any atom is 0.235 e. The van der Waals surface area contributed by atoms with Gasteiger partial charge in [0.15, 0.2) is 5.82 Å². The Bertz CT molecular complexity index is 1240. The summed E-state index contributed by atoms with van der Waals surface area (Å²) in [5.74, 6) is -0.850. The van der Waals surface area contributed by atoms with E-state index < -0.39 is 11.7 Å². The van der Waals surface area contributed by atoms with E-state index in [1.165, 1.54) is 17.3 Å². The summed E-state index contributed by atoms with van der Waals surface area (Å²) in [5, 5.41) is 2.96. The van der Waals surface area contributed by atoms with Crippen LogP contribution in [0.1, 0.15) is 22.6 Å². The van der Waals surface area contributed by atoms with Gasteiger partial charge >= 0.3 is 0 Å². The molecule has 1 heterocycles. The Kier molecular flexibility index (Phi) is 6.26. The second kappa shape index (κ2) is 9.25. The van der Waals surface area contributed by atoms with Gasteiger partial charge in [0, 0.05) is 28.1 Å². The minimum atomic E-state index is -0.456. The molecule has 5 nitrogen and oxygen atoms in total. The summed E-state index contributed by atoms with van der Waals surface area (Å²) in [6, 6.07) is 20.4. The number of carbonyl (C=O) groups excluding carboxylic acids is 2. The number of aromatic nitrogens is 2. The molecule has 0 spiro atoms. The molecule has 0 saturated heterocycles. The maximum atomic E-state index is 13.2. The summed E-state index contributed by atoms with van der Waals surface area (Å²) in [5.41, 5.74) is 1.42. The van der Waals surface area contributed by atoms with Crippen LogP contribution >= 0.6 is 23.2 Å². The first-order valence-corrected chi connectivity index (χ1v) is 10.3. The monoisotopic (exact) mass is 449 g/mol. The van der Waals surface area contributed by atoms with Crippen molar-refractivity contribution in [3.8, 4) is 0 Å². The van der Waals surface area contributed by atoms with Gasteiger partial charge in [0.2, 0.25) is 11.7 Å². The number of rotatable bonds is 6. The fraction of sp³-hybridized carbons (Fsp3) is 0.0833. The molecule has 1 aromatic heterocycles. The Morgan fingerprint density at radius 3 is 2.19 bits per heavy atom. The van der Waals surface area contributed by atoms with E-state index in [1.807, 2.05) is 42.5 Å². The molecule has 0 aliphatic rings. The molecule has 0 unspecified atom stereocenters. The first-order valence-electron chi connectivity index (χ1n) is 9.54. The van der Waals surface area contributed by atoms with Gasteiger partial charge in [0.05, 0.1) is 13.0 Å². The lowest BCUT2D eigenvalue weighted by atomic mass is 10.1. The zero-order chi connectivity index (χ0) is 21.8. The molecule has 31 heavy (non-hydrogen) atoms. The Hall–Kier alpha value is -3.28. The van der Waals surface area contributed by atoms with E-state index in [9.17, 15) is 9.59 Å². The van der Waals surface area contributed by atoms with Gasteiger partial charge in [-0.05, 0) is 46.7 Å². The zero-order valence-corrected chi connectivity index (χ0v) is 17.8. The van der Waals surface area contributed by atoms with Crippen molar-refractivity contribution >= 4 is 51.4 Å². The highest BCUT2D eigenvalue weighted by Crippen LogP contribution is 2.28. The largest absolute Gasteiger partial charge is 0.308 e. The van der Waals surface area contributed by atoms with Crippen molar-refractivity contribution in [3.05, 3.63) is 101 Å². The van der Waals surface area contributed by atoms with Crippen molar-refractivity contribution in [2.45, 2.75) is 13.0 Å². The third-order valence-electron chi connectivity index (χ3n) is 4.74. The van der Waals surface area contributed by atoms with Gasteiger partial charge in [-0.25, -0.2) is 9.97 Å². The Balaban J connectivity index is 1.66. The number of anilines is 1. The second-order valence-corrected chi connectivity index (χ2v) is 7.83. The van der Waals surface area contributed by atoms with Crippen LogP contribution in [0.5, 0.6) is 0 Å². The highest BCUT2D eigenvalue weighted by atomic mass is 35.5. The highest BCUT2D eigenvalue weighted by molar-refractivity contribution is 6.35. The molecule has 0 saturated carbocycles. The number of ketones is 1. The van der Waals surface area contributed by atoms with E-state index >= 15 is 0 Å². The molecule has 0 N–H and O–H groups in total. The van der Waals surface area contributed by atoms with Crippen LogP contribution < -0.4 is 4.90 Å². The normalized spacial score (nSPS) is 10.8. The van der Waals surface area contributed by atoms with Crippen molar-refractivity contribution in [2.24, 2.45) is 0 Å². The lowest BCUT2D eigenvalue weighted by Crippen LogP contribution is -2.32. The van der Waals surface area contributed by atoms with Crippen LogP contribution in [0.3, 0.4) is 0 Å². The molecule has 0 bridgehead atoms. The third-order valence-corrected chi connectivity index (χ3v) is 5.18. The molecule has 0 atom stereocenters. The SMILES string of the molecule is O=C(CC(=O)N(Cc1ccc2ccccc2c1)c1cc(Cl)cc(Cl)c1)c1ncccn1. The molecule has 154 valence electrons. The first kappa shape index (κ1) is 21.0. The quantitative estimate of drug-likeness (QED) is 0.278. The Morgan fingerprint density at radius 1 is 0.806 bits per heavy atom.